The molecule has 2 unspecified atom stereocenters. The molecular formula is C19H32IN3O3S. The Labute approximate surface area is 184 Å². The summed E-state index contributed by atoms with van der Waals surface area (Å²) in [6, 6.07) is 4.37. The van der Waals surface area contributed by atoms with E-state index in [9.17, 15) is 0 Å². The number of methoxy groups -OCH3 is 3. The first-order valence-electron chi connectivity index (χ1n) is 9.01. The third-order valence-corrected chi connectivity index (χ3v) is 5.64. The van der Waals surface area contributed by atoms with Gasteiger partial charge in [-0.1, -0.05) is 0 Å². The van der Waals surface area contributed by atoms with Crippen LogP contribution in [0.3, 0.4) is 0 Å². The van der Waals surface area contributed by atoms with Gasteiger partial charge in [0.15, 0.2) is 17.5 Å². The molecule has 0 radical (unpaired) electrons. The zero-order valence-electron chi connectivity index (χ0n) is 16.8. The van der Waals surface area contributed by atoms with Gasteiger partial charge < -0.3 is 24.8 Å². The summed E-state index contributed by atoms with van der Waals surface area (Å²) < 4.78 is 16.2. The molecule has 0 spiro atoms. The maximum absolute atomic E-state index is 5.42. The molecule has 8 heteroatoms. The monoisotopic (exact) mass is 509 g/mol. The van der Waals surface area contributed by atoms with Crippen LogP contribution < -0.4 is 24.8 Å². The molecule has 0 amide bonds. The second-order valence-electron chi connectivity index (χ2n) is 6.24. The minimum atomic E-state index is 0. The number of nitrogens with zero attached hydrogens (tertiary/aromatic N) is 1. The summed E-state index contributed by atoms with van der Waals surface area (Å²) in [6.07, 6.45) is 5.85. The zero-order valence-corrected chi connectivity index (χ0v) is 20.0. The average molecular weight is 509 g/mol. The molecule has 1 saturated carbocycles. The Kier molecular flexibility index (Phi) is 11.1. The van der Waals surface area contributed by atoms with Crippen molar-refractivity contribution in [2.75, 3.05) is 34.1 Å². The first-order valence-corrected chi connectivity index (χ1v) is 10.3. The number of aliphatic imine (C=N–C) groups is 1. The number of benzene rings is 1. The smallest absolute Gasteiger partial charge is 0.203 e. The third kappa shape index (κ3) is 6.81. The molecule has 1 fully saturated rings. The van der Waals surface area contributed by atoms with E-state index in [1.807, 2.05) is 23.9 Å². The van der Waals surface area contributed by atoms with Crippen molar-refractivity contribution < 1.29 is 14.2 Å². The number of hydrogen-bond donors (Lipinski definition) is 2. The predicted molar refractivity (Wildman–Crippen MR) is 124 cm³/mol. The van der Waals surface area contributed by atoms with Gasteiger partial charge in [-0.3, -0.25) is 0 Å². The number of ether oxygens (including phenoxy) is 3. The molecule has 1 aliphatic rings. The van der Waals surface area contributed by atoms with Crippen LogP contribution >= 0.6 is 35.7 Å². The van der Waals surface area contributed by atoms with Crippen molar-refractivity contribution in [3.05, 3.63) is 17.7 Å². The van der Waals surface area contributed by atoms with E-state index in [1.165, 1.54) is 19.3 Å². The van der Waals surface area contributed by atoms with Crippen molar-refractivity contribution in [2.45, 2.75) is 44.0 Å². The van der Waals surface area contributed by atoms with Gasteiger partial charge in [-0.15, -0.1) is 24.0 Å². The normalized spacial score (nSPS) is 19.2. The van der Waals surface area contributed by atoms with E-state index in [2.05, 4.69) is 23.8 Å². The Morgan fingerprint density at radius 3 is 2.30 bits per heavy atom. The standard InChI is InChI=1S/C19H31N3O3S.HI/c1-6-20-19(22-14-7-8-15(11-14)26-5)21-12-13-9-16(23-2)18(25-4)17(10-13)24-3;/h9-10,14-15H,6-8,11-12H2,1-5H3,(H2,20,21,22);1H. The van der Waals surface area contributed by atoms with Gasteiger partial charge in [-0.25, -0.2) is 4.99 Å². The second-order valence-corrected chi connectivity index (χ2v) is 7.38. The minimum Gasteiger partial charge on any atom is -0.493 e. The predicted octanol–water partition coefficient (Wildman–Crippen LogP) is 3.67. The van der Waals surface area contributed by atoms with E-state index in [0.717, 1.165) is 23.3 Å². The van der Waals surface area contributed by atoms with Gasteiger partial charge in [-0.05, 0) is 50.1 Å². The number of thioether (sulfide) groups is 1. The highest BCUT2D eigenvalue weighted by atomic mass is 127. The van der Waals surface area contributed by atoms with Crippen LogP contribution in [0.25, 0.3) is 0 Å². The van der Waals surface area contributed by atoms with Gasteiger partial charge in [0.25, 0.3) is 0 Å². The third-order valence-electron chi connectivity index (χ3n) is 4.55. The SMILES string of the molecule is CCNC(=NCc1cc(OC)c(OC)c(OC)c1)NC1CCC(SC)C1.I. The largest absolute Gasteiger partial charge is 0.493 e. The number of nitrogens with one attached hydrogen (secondary N) is 2. The van der Waals surface area contributed by atoms with Gasteiger partial charge in [-0.2, -0.15) is 11.8 Å². The lowest BCUT2D eigenvalue weighted by molar-refractivity contribution is 0.324. The molecule has 0 bridgehead atoms. The maximum Gasteiger partial charge on any atom is 0.203 e. The molecular weight excluding hydrogens is 477 g/mol. The minimum absolute atomic E-state index is 0. The second kappa shape index (κ2) is 12.4. The fourth-order valence-corrected chi connectivity index (χ4v) is 3.99. The first-order chi connectivity index (χ1) is 12.6. The van der Waals surface area contributed by atoms with Gasteiger partial charge >= 0.3 is 0 Å². The molecule has 27 heavy (non-hydrogen) atoms. The van der Waals surface area contributed by atoms with Crippen molar-refractivity contribution in [3.8, 4) is 17.2 Å². The average Bonchev–Trinajstić information content (AvgIpc) is 3.12. The Morgan fingerprint density at radius 2 is 1.81 bits per heavy atom. The van der Waals surface area contributed by atoms with Crippen LogP contribution in [0, 0.1) is 0 Å². The Balaban J connectivity index is 0.00000364. The van der Waals surface area contributed by atoms with Gasteiger partial charge in [0.05, 0.1) is 27.9 Å². The molecule has 1 aromatic carbocycles. The van der Waals surface area contributed by atoms with Crippen molar-refractivity contribution in [2.24, 2.45) is 4.99 Å². The molecule has 2 rings (SSSR count). The van der Waals surface area contributed by atoms with Crippen LogP contribution in [0.2, 0.25) is 0 Å². The molecule has 0 heterocycles. The molecule has 1 aromatic rings. The Bertz CT molecular complexity index is 591. The summed E-state index contributed by atoms with van der Waals surface area (Å²) in [5, 5.41) is 7.66. The van der Waals surface area contributed by atoms with E-state index in [1.54, 1.807) is 21.3 Å². The summed E-state index contributed by atoms with van der Waals surface area (Å²) in [6.45, 7) is 3.44. The van der Waals surface area contributed by atoms with Crippen molar-refractivity contribution in [1.29, 1.82) is 0 Å². The van der Waals surface area contributed by atoms with Gasteiger partial charge in [0.1, 0.15) is 0 Å². The number of rotatable bonds is 8. The maximum atomic E-state index is 5.42. The highest BCUT2D eigenvalue weighted by Crippen LogP contribution is 2.38. The summed E-state index contributed by atoms with van der Waals surface area (Å²) in [4.78, 5) is 4.74. The van der Waals surface area contributed by atoms with Crippen molar-refractivity contribution >= 4 is 41.7 Å². The van der Waals surface area contributed by atoms with E-state index >= 15 is 0 Å². The lowest BCUT2D eigenvalue weighted by atomic mass is 10.2. The van der Waals surface area contributed by atoms with E-state index < -0.39 is 0 Å². The van der Waals surface area contributed by atoms with Crippen LogP contribution in [-0.2, 0) is 6.54 Å². The number of hydrogen-bond acceptors (Lipinski definition) is 5. The summed E-state index contributed by atoms with van der Waals surface area (Å²) in [7, 11) is 4.85. The fourth-order valence-electron chi connectivity index (χ4n) is 3.20. The zero-order chi connectivity index (χ0) is 18.9. The summed E-state index contributed by atoms with van der Waals surface area (Å²) in [5.41, 5.74) is 1.00. The number of halogens is 1. The molecule has 2 N–H and O–H groups in total. The van der Waals surface area contributed by atoms with Crippen LogP contribution in [0.5, 0.6) is 17.2 Å². The molecule has 0 aromatic heterocycles. The van der Waals surface area contributed by atoms with Crippen molar-refractivity contribution in [3.63, 3.8) is 0 Å². The quantitative estimate of drug-likeness (QED) is 0.317. The topological polar surface area (TPSA) is 64.1 Å². The molecule has 154 valence electrons. The van der Waals surface area contributed by atoms with Crippen LogP contribution in [0.4, 0.5) is 0 Å². The van der Waals surface area contributed by atoms with E-state index in [0.29, 0.717) is 29.8 Å². The lowest BCUT2D eigenvalue weighted by Crippen LogP contribution is -2.42. The summed E-state index contributed by atoms with van der Waals surface area (Å²) >= 11 is 1.96. The van der Waals surface area contributed by atoms with Crippen LogP contribution in [-0.4, -0.2) is 51.4 Å². The van der Waals surface area contributed by atoms with Crippen LogP contribution in [0.15, 0.2) is 17.1 Å². The molecule has 0 aliphatic heterocycles. The molecule has 0 saturated heterocycles. The number of guanidine groups is 1. The van der Waals surface area contributed by atoms with Crippen LogP contribution in [0.1, 0.15) is 31.7 Å². The van der Waals surface area contributed by atoms with E-state index in [-0.39, 0.29) is 24.0 Å². The van der Waals surface area contributed by atoms with E-state index in [4.69, 9.17) is 19.2 Å². The molecule has 1 aliphatic carbocycles. The van der Waals surface area contributed by atoms with Crippen molar-refractivity contribution in [1.82, 2.24) is 10.6 Å². The molecule has 2 atom stereocenters. The molecule has 6 nitrogen and oxygen atoms in total. The Hall–Kier alpha value is -1.03. The summed E-state index contributed by atoms with van der Waals surface area (Å²) in [5.74, 6) is 2.75. The Morgan fingerprint density at radius 1 is 1.15 bits per heavy atom. The lowest BCUT2D eigenvalue weighted by Gasteiger charge is -2.17. The first kappa shape index (κ1) is 24.0. The highest BCUT2D eigenvalue weighted by molar-refractivity contribution is 14.0. The fraction of sp³-hybridized carbons (Fsp3) is 0.632. The van der Waals surface area contributed by atoms with Gasteiger partial charge in [0.2, 0.25) is 5.75 Å². The van der Waals surface area contributed by atoms with Gasteiger partial charge in [0, 0.05) is 17.8 Å². The highest BCUT2D eigenvalue weighted by Gasteiger charge is 2.24.